The minimum Gasteiger partial charge on any atom is -0.387 e. The van der Waals surface area contributed by atoms with Crippen LogP contribution in [0.5, 0.6) is 0 Å². The molecule has 1 unspecified atom stereocenters. The lowest BCUT2D eigenvalue weighted by molar-refractivity contribution is 0.191. The van der Waals surface area contributed by atoms with E-state index in [1.54, 1.807) is 19.1 Å². The molecule has 0 aliphatic carbocycles. The van der Waals surface area contributed by atoms with Gasteiger partial charge in [0.1, 0.15) is 5.82 Å². The second kappa shape index (κ2) is 6.17. The smallest absolute Gasteiger partial charge is 0.128 e. The van der Waals surface area contributed by atoms with E-state index in [-0.39, 0.29) is 5.82 Å². The zero-order valence-corrected chi connectivity index (χ0v) is 12.1. The van der Waals surface area contributed by atoms with E-state index >= 15 is 0 Å². The van der Waals surface area contributed by atoms with Crippen LogP contribution in [0.1, 0.15) is 17.2 Å². The van der Waals surface area contributed by atoms with Gasteiger partial charge in [-0.1, -0.05) is 34.1 Å². The number of aliphatic hydroxyl groups is 1. The van der Waals surface area contributed by atoms with E-state index in [2.05, 4.69) is 21.2 Å². The molecule has 4 heteroatoms. The molecule has 0 fully saturated rings. The Balaban J connectivity index is 2.04. The van der Waals surface area contributed by atoms with Gasteiger partial charge in [0.25, 0.3) is 0 Å². The molecule has 0 aromatic heterocycles. The predicted molar refractivity (Wildman–Crippen MR) is 78.7 cm³/mol. The minimum atomic E-state index is -0.639. The van der Waals surface area contributed by atoms with Crippen molar-refractivity contribution in [1.29, 1.82) is 0 Å². The Bertz CT molecular complexity index is 574. The lowest BCUT2D eigenvalue weighted by Crippen LogP contribution is -2.13. The molecule has 1 atom stereocenters. The molecule has 0 saturated heterocycles. The molecular formula is C15H15BrFNO. The quantitative estimate of drug-likeness (QED) is 0.889. The highest BCUT2D eigenvalue weighted by atomic mass is 79.9. The van der Waals surface area contributed by atoms with Gasteiger partial charge in [0.15, 0.2) is 0 Å². The van der Waals surface area contributed by atoms with E-state index in [0.29, 0.717) is 17.8 Å². The summed E-state index contributed by atoms with van der Waals surface area (Å²) in [6.07, 6.45) is -0.639. The summed E-state index contributed by atoms with van der Waals surface area (Å²) < 4.78 is 14.3. The molecule has 0 radical (unpaired) electrons. The minimum absolute atomic E-state index is 0.248. The molecule has 0 heterocycles. The van der Waals surface area contributed by atoms with Crippen molar-refractivity contribution in [3.63, 3.8) is 0 Å². The van der Waals surface area contributed by atoms with Crippen molar-refractivity contribution in [2.24, 2.45) is 0 Å². The van der Waals surface area contributed by atoms with Crippen LogP contribution in [-0.4, -0.2) is 11.7 Å². The van der Waals surface area contributed by atoms with Crippen LogP contribution in [0.2, 0.25) is 0 Å². The summed E-state index contributed by atoms with van der Waals surface area (Å²) in [4.78, 5) is 0. The maximum absolute atomic E-state index is 13.4. The molecule has 0 bridgehead atoms. The van der Waals surface area contributed by atoms with Crippen LogP contribution in [-0.2, 0) is 0 Å². The number of halogens is 2. The number of hydrogen-bond donors (Lipinski definition) is 2. The van der Waals surface area contributed by atoms with Crippen LogP contribution in [0.25, 0.3) is 0 Å². The van der Waals surface area contributed by atoms with E-state index in [0.717, 1.165) is 10.0 Å². The number of benzene rings is 2. The summed E-state index contributed by atoms with van der Waals surface area (Å²) in [5.74, 6) is -0.248. The number of aliphatic hydroxyl groups excluding tert-OH is 1. The Morgan fingerprint density at radius 2 is 2.00 bits per heavy atom. The van der Waals surface area contributed by atoms with Gasteiger partial charge in [0, 0.05) is 22.3 Å². The molecule has 0 aliphatic heterocycles. The average molecular weight is 324 g/mol. The third-order valence-electron chi connectivity index (χ3n) is 2.99. The first-order chi connectivity index (χ1) is 9.08. The maximum Gasteiger partial charge on any atom is 0.128 e. The summed E-state index contributed by atoms with van der Waals surface area (Å²) in [6.45, 7) is 2.05. The molecule has 2 N–H and O–H groups in total. The van der Waals surface area contributed by atoms with Gasteiger partial charge in [-0.3, -0.25) is 0 Å². The van der Waals surface area contributed by atoms with E-state index in [9.17, 15) is 9.50 Å². The molecule has 0 spiro atoms. The molecule has 0 amide bonds. The van der Waals surface area contributed by atoms with Crippen molar-refractivity contribution < 1.29 is 9.50 Å². The van der Waals surface area contributed by atoms with Crippen LogP contribution < -0.4 is 5.32 Å². The summed E-state index contributed by atoms with van der Waals surface area (Å²) >= 11 is 3.37. The van der Waals surface area contributed by atoms with Gasteiger partial charge in [0.2, 0.25) is 0 Å². The fourth-order valence-electron chi connectivity index (χ4n) is 1.84. The van der Waals surface area contributed by atoms with Crippen molar-refractivity contribution in [3.8, 4) is 0 Å². The fraction of sp³-hybridized carbons (Fsp3) is 0.200. The molecule has 2 aromatic carbocycles. The van der Waals surface area contributed by atoms with E-state index < -0.39 is 6.10 Å². The highest BCUT2D eigenvalue weighted by Gasteiger charge is 2.09. The maximum atomic E-state index is 13.4. The van der Waals surface area contributed by atoms with Gasteiger partial charge in [0.05, 0.1) is 6.10 Å². The summed E-state index contributed by atoms with van der Waals surface area (Å²) in [5, 5.41) is 13.2. The number of rotatable bonds is 4. The van der Waals surface area contributed by atoms with Crippen LogP contribution in [0.4, 0.5) is 10.1 Å². The first kappa shape index (κ1) is 14.0. The Hall–Kier alpha value is -1.39. The Labute approximate surface area is 120 Å². The zero-order valence-electron chi connectivity index (χ0n) is 10.5. The van der Waals surface area contributed by atoms with Crippen molar-refractivity contribution >= 4 is 21.6 Å². The zero-order chi connectivity index (χ0) is 13.8. The molecule has 19 heavy (non-hydrogen) atoms. The van der Waals surface area contributed by atoms with E-state index in [1.807, 2.05) is 24.3 Å². The van der Waals surface area contributed by atoms with Crippen molar-refractivity contribution in [1.82, 2.24) is 0 Å². The molecule has 100 valence electrons. The summed E-state index contributed by atoms with van der Waals surface area (Å²) in [6, 6.07) is 12.4. The van der Waals surface area contributed by atoms with Crippen LogP contribution >= 0.6 is 15.9 Å². The van der Waals surface area contributed by atoms with Gasteiger partial charge in [-0.2, -0.15) is 0 Å². The van der Waals surface area contributed by atoms with Crippen molar-refractivity contribution in [2.75, 3.05) is 11.9 Å². The Kier molecular flexibility index (Phi) is 4.56. The van der Waals surface area contributed by atoms with Crippen LogP contribution in [0.15, 0.2) is 46.9 Å². The third-order valence-corrected chi connectivity index (χ3v) is 3.48. The third kappa shape index (κ3) is 3.55. The molecule has 2 rings (SSSR count). The van der Waals surface area contributed by atoms with Gasteiger partial charge in [-0.25, -0.2) is 4.39 Å². The summed E-state index contributed by atoms with van der Waals surface area (Å²) in [5.41, 5.74) is 2.08. The van der Waals surface area contributed by atoms with Gasteiger partial charge >= 0.3 is 0 Å². The fourth-order valence-corrected chi connectivity index (χ4v) is 2.25. The van der Waals surface area contributed by atoms with Crippen molar-refractivity contribution in [3.05, 3.63) is 63.9 Å². The van der Waals surface area contributed by atoms with Gasteiger partial charge in [-0.05, 0) is 36.8 Å². The lowest BCUT2D eigenvalue weighted by Gasteiger charge is -2.15. The monoisotopic (exact) mass is 323 g/mol. The number of anilines is 1. The van der Waals surface area contributed by atoms with Crippen LogP contribution in [0.3, 0.4) is 0 Å². The second-order valence-electron chi connectivity index (χ2n) is 4.36. The van der Waals surface area contributed by atoms with Crippen LogP contribution in [0, 0.1) is 12.7 Å². The first-order valence-corrected chi connectivity index (χ1v) is 6.80. The molecule has 0 aliphatic rings. The second-order valence-corrected chi connectivity index (χ2v) is 5.28. The van der Waals surface area contributed by atoms with E-state index in [4.69, 9.17) is 0 Å². The molecule has 2 aromatic rings. The predicted octanol–water partition coefficient (Wildman–Crippen LogP) is 4.04. The number of nitrogens with one attached hydrogen (secondary N) is 1. The molecular weight excluding hydrogens is 309 g/mol. The molecule has 0 saturated carbocycles. The number of hydrogen-bond acceptors (Lipinski definition) is 2. The Morgan fingerprint density at radius 3 is 2.74 bits per heavy atom. The first-order valence-electron chi connectivity index (χ1n) is 6.00. The largest absolute Gasteiger partial charge is 0.387 e. The summed E-state index contributed by atoms with van der Waals surface area (Å²) in [7, 11) is 0. The normalized spacial score (nSPS) is 12.2. The standard InChI is InChI=1S/C15H15BrFNO/c1-10-13(17)6-3-7-14(10)18-9-15(19)11-4-2-5-12(16)8-11/h2-8,15,18-19H,9H2,1H3. The highest BCUT2D eigenvalue weighted by molar-refractivity contribution is 9.10. The highest BCUT2D eigenvalue weighted by Crippen LogP contribution is 2.21. The van der Waals surface area contributed by atoms with Crippen molar-refractivity contribution in [2.45, 2.75) is 13.0 Å². The Morgan fingerprint density at radius 1 is 1.26 bits per heavy atom. The topological polar surface area (TPSA) is 32.3 Å². The van der Waals surface area contributed by atoms with Gasteiger partial charge < -0.3 is 10.4 Å². The van der Waals surface area contributed by atoms with E-state index in [1.165, 1.54) is 6.07 Å². The SMILES string of the molecule is Cc1c(F)cccc1NCC(O)c1cccc(Br)c1. The lowest BCUT2D eigenvalue weighted by atomic mass is 10.1. The molecule has 2 nitrogen and oxygen atoms in total. The average Bonchev–Trinajstić information content (AvgIpc) is 2.40. The van der Waals surface area contributed by atoms with Gasteiger partial charge in [-0.15, -0.1) is 0 Å².